The number of hydrogen-bond acceptors (Lipinski definition) is 5. The van der Waals surface area contributed by atoms with Gasteiger partial charge in [-0.3, -0.25) is 9.93 Å². The number of hydrogen-bond donors (Lipinski definition) is 3. The van der Waals surface area contributed by atoms with Gasteiger partial charge in [0, 0.05) is 17.9 Å². The Kier molecular flexibility index (Phi) is 6.85. The molecule has 1 fully saturated rings. The zero-order chi connectivity index (χ0) is 22.2. The van der Waals surface area contributed by atoms with Gasteiger partial charge in [0.25, 0.3) is 0 Å². The Bertz CT molecular complexity index is 887. The molecule has 2 aliphatic rings. The van der Waals surface area contributed by atoms with Gasteiger partial charge in [0.15, 0.2) is 5.76 Å². The van der Waals surface area contributed by atoms with E-state index in [1.165, 1.54) is 11.1 Å². The zero-order valence-corrected chi connectivity index (χ0v) is 19.6. The summed E-state index contributed by atoms with van der Waals surface area (Å²) in [6.07, 6.45) is 3.40. The fraction of sp³-hybridized carbons (Fsp3) is 0.560. The molecule has 2 aliphatic carbocycles. The Morgan fingerprint density at radius 3 is 2.37 bits per heavy atom. The fourth-order valence-electron chi connectivity index (χ4n) is 5.35. The maximum atomic E-state index is 13.2. The minimum Gasteiger partial charge on any atom is -0.457 e. The fourth-order valence-corrected chi connectivity index (χ4v) is 5.35. The topological polar surface area (TPSA) is 76.5 Å². The lowest BCUT2D eigenvalue weighted by Crippen LogP contribution is -2.33. The standard InChI is InChI=1S/C25H32O3.H3NS/c1-14(2)18-7-6-8-19(15(3)4)20(18)12-22(26)23-13-21-24(28-23)16-9-10-17(11-16)25(21,5)27;1-2/h6-8,13-17,27H,9-12H2,1-5H3;2H,1H2. The predicted octanol–water partition coefficient (Wildman–Crippen LogP) is 5.85. The molecule has 1 aromatic heterocycles. The summed E-state index contributed by atoms with van der Waals surface area (Å²) in [4.78, 5) is 13.2. The highest BCUT2D eigenvalue weighted by Gasteiger charge is 2.49. The summed E-state index contributed by atoms with van der Waals surface area (Å²) >= 11 is 3.03. The number of thiol groups is 1. The van der Waals surface area contributed by atoms with Crippen LogP contribution in [0.15, 0.2) is 28.7 Å². The van der Waals surface area contributed by atoms with Crippen molar-refractivity contribution < 1.29 is 14.3 Å². The molecule has 3 unspecified atom stereocenters. The summed E-state index contributed by atoms with van der Waals surface area (Å²) in [7, 11) is 0. The van der Waals surface area contributed by atoms with Crippen LogP contribution in [0.2, 0.25) is 0 Å². The van der Waals surface area contributed by atoms with E-state index in [-0.39, 0.29) is 11.7 Å². The molecule has 0 spiro atoms. The second-order valence-electron chi connectivity index (χ2n) is 9.57. The lowest BCUT2D eigenvalue weighted by Gasteiger charge is -2.33. The molecule has 1 aromatic carbocycles. The quantitative estimate of drug-likeness (QED) is 0.412. The smallest absolute Gasteiger partial charge is 0.202 e. The summed E-state index contributed by atoms with van der Waals surface area (Å²) in [6.45, 7) is 10.6. The van der Waals surface area contributed by atoms with E-state index in [9.17, 15) is 9.90 Å². The van der Waals surface area contributed by atoms with Crippen molar-refractivity contribution in [3.05, 3.63) is 58.0 Å². The summed E-state index contributed by atoms with van der Waals surface area (Å²) in [5.41, 5.74) is 3.57. The summed E-state index contributed by atoms with van der Waals surface area (Å²) in [6, 6.07) is 8.19. The van der Waals surface area contributed by atoms with Gasteiger partial charge in [-0.1, -0.05) is 45.9 Å². The molecule has 0 amide bonds. The molecule has 1 saturated carbocycles. The lowest BCUT2D eigenvalue weighted by molar-refractivity contribution is -0.0115. The minimum atomic E-state index is -0.886. The molecular weight excluding hydrogens is 394 g/mol. The molecule has 3 N–H and O–H groups in total. The van der Waals surface area contributed by atoms with Crippen molar-refractivity contribution in [3.8, 4) is 0 Å². The van der Waals surface area contributed by atoms with Gasteiger partial charge in [-0.15, -0.1) is 12.8 Å². The molecular formula is C25H35NO3S. The number of nitrogens with two attached hydrogens (primary N) is 1. The third kappa shape index (κ3) is 4.00. The van der Waals surface area contributed by atoms with E-state index in [1.54, 1.807) is 0 Å². The van der Waals surface area contributed by atoms with Gasteiger partial charge < -0.3 is 9.52 Å². The molecule has 0 aliphatic heterocycles. The van der Waals surface area contributed by atoms with Crippen LogP contribution in [0.3, 0.4) is 0 Å². The maximum Gasteiger partial charge on any atom is 0.202 e. The third-order valence-electron chi connectivity index (χ3n) is 7.01. The molecule has 5 heteroatoms. The van der Waals surface area contributed by atoms with Gasteiger partial charge in [-0.2, -0.15) is 0 Å². The number of ketones is 1. The first-order valence-corrected chi connectivity index (χ1v) is 11.5. The van der Waals surface area contributed by atoms with Gasteiger partial charge >= 0.3 is 0 Å². The summed E-state index contributed by atoms with van der Waals surface area (Å²) in [5, 5.41) is 15.3. The number of carbonyl (C=O) groups excluding carboxylic acids is 1. The molecule has 4 rings (SSSR count). The second-order valence-corrected chi connectivity index (χ2v) is 9.57. The number of Topliss-reactive ketones (excluding diaryl/α,β-unsaturated/α-hetero) is 1. The maximum absolute atomic E-state index is 13.2. The van der Waals surface area contributed by atoms with Crippen molar-refractivity contribution in [2.24, 2.45) is 11.1 Å². The predicted molar refractivity (Wildman–Crippen MR) is 124 cm³/mol. The van der Waals surface area contributed by atoms with Crippen LogP contribution >= 0.6 is 12.8 Å². The Labute approximate surface area is 185 Å². The molecule has 2 aromatic rings. The monoisotopic (exact) mass is 429 g/mol. The largest absolute Gasteiger partial charge is 0.457 e. The van der Waals surface area contributed by atoms with Crippen molar-refractivity contribution in [2.45, 2.75) is 83.7 Å². The van der Waals surface area contributed by atoms with E-state index >= 15 is 0 Å². The lowest BCUT2D eigenvalue weighted by atomic mass is 9.76. The van der Waals surface area contributed by atoms with Crippen molar-refractivity contribution >= 4 is 18.6 Å². The molecule has 3 atom stereocenters. The van der Waals surface area contributed by atoms with Crippen molar-refractivity contribution in [3.63, 3.8) is 0 Å². The van der Waals surface area contributed by atoms with Crippen LogP contribution in [0.25, 0.3) is 0 Å². The number of benzene rings is 1. The van der Waals surface area contributed by atoms with Gasteiger partial charge in [0.2, 0.25) is 5.78 Å². The van der Waals surface area contributed by atoms with E-state index in [2.05, 4.69) is 63.8 Å². The molecule has 0 radical (unpaired) electrons. The van der Waals surface area contributed by atoms with Crippen LogP contribution in [0.4, 0.5) is 0 Å². The van der Waals surface area contributed by atoms with Gasteiger partial charge in [-0.05, 0) is 66.7 Å². The van der Waals surface area contributed by atoms with Crippen molar-refractivity contribution in [2.75, 3.05) is 0 Å². The minimum absolute atomic E-state index is 0.0103. The summed E-state index contributed by atoms with van der Waals surface area (Å²) < 4.78 is 6.10. The van der Waals surface area contributed by atoms with E-state index in [4.69, 9.17) is 4.42 Å². The molecule has 1 heterocycles. The Morgan fingerprint density at radius 2 is 1.80 bits per heavy atom. The SMILES string of the molecule is CC(C)c1cccc(C(C)C)c1CC(=O)c1cc2c(o1)C1CCC(C1)C2(C)O.NS. The Hall–Kier alpha value is -1.56. The summed E-state index contributed by atoms with van der Waals surface area (Å²) in [5.74, 6) is 2.63. The van der Waals surface area contributed by atoms with E-state index in [1.807, 2.05) is 13.0 Å². The highest BCUT2D eigenvalue weighted by molar-refractivity contribution is 7.77. The Balaban J connectivity index is 0.00000124. The third-order valence-corrected chi connectivity index (χ3v) is 7.01. The highest BCUT2D eigenvalue weighted by Crippen LogP contribution is 2.54. The number of aliphatic hydroxyl groups is 1. The first kappa shape index (κ1) is 23.1. The van der Waals surface area contributed by atoms with Crippen LogP contribution in [-0.4, -0.2) is 10.9 Å². The molecule has 2 bridgehead atoms. The van der Waals surface area contributed by atoms with Crippen LogP contribution in [-0.2, 0) is 12.0 Å². The average Bonchev–Trinajstić information content (AvgIpc) is 3.35. The van der Waals surface area contributed by atoms with Crippen LogP contribution in [0.1, 0.15) is 110 Å². The first-order chi connectivity index (χ1) is 14.2. The number of fused-ring (bicyclic) bond motifs is 4. The van der Waals surface area contributed by atoms with Crippen molar-refractivity contribution in [1.29, 1.82) is 0 Å². The van der Waals surface area contributed by atoms with Crippen LogP contribution < -0.4 is 5.14 Å². The normalized spacial score (nSPS) is 24.6. The van der Waals surface area contributed by atoms with E-state index in [0.717, 1.165) is 36.1 Å². The second kappa shape index (κ2) is 8.89. The van der Waals surface area contributed by atoms with Gasteiger partial charge in [0.1, 0.15) is 5.76 Å². The number of rotatable bonds is 5. The van der Waals surface area contributed by atoms with E-state index in [0.29, 0.717) is 29.9 Å². The molecule has 4 nitrogen and oxygen atoms in total. The van der Waals surface area contributed by atoms with Gasteiger partial charge in [-0.25, -0.2) is 0 Å². The highest BCUT2D eigenvalue weighted by atomic mass is 32.1. The molecule has 164 valence electrons. The Morgan fingerprint density at radius 1 is 1.20 bits per heavy atom. The number of carbonyl (C=O) groups is 1. The van der Waals surface area contributed by atoms with Crippen LogP contribution in [0.5, 0.6) is 0 Å². The first-order valence-electron chi connectivity index (χ1n) is 11.0. The van der Waals surface area contributed by atoms with E-state index < -0.39 is 5.60 Å². The van der Waals surface area contributed by atoms with Gasteiger partial charge in [0.05, 0.1) is 5.60 Å². The average molecular weight is 430 g/mol. The zero-order valence-electron chi connectivity index (χ0n) is 18.7. The number of furan rings is 1. The molecule has 0 saturated heterocycles. The van der Waals surface area contributed by atoms with Crippen molar-refractivity contribution in [1.82, 2.24) is 0 Å². The van der Waals surface area contributed by atoms with Crippen LogP contribution in [0, 0.1) is 5.92 Å². The molecule has 30 heavy (non-hydrogen) atoms.